The summed E-state index contributed by atoms with van der Waals surface area (Å²) in [6.07, 6.45) is 0.649. The first-order valence-electron chi connectivity index (χ1n) is 5.93. The van der Waals surface area contributed by atoms with E-state index in [1.165, 1.54) is 6.07 Å². The Kier molecular flexibility index (Phi) is 2.87. The molecule has 0 fully saturated rings. The molecule has 3 rings (SSSR count). The van der Waals surface area contributed by atoms with Crippen molar-refractivity contribution in [1.29, 1.82) is 0 Å². The normalized spacial score (nSPS) is 14.2. The van der Waals surface area contributed by atoms with Crippen LogP contribution in [0.15, 0.2) is 23.0 Å². The summed E-state index contributed by atoms with van der Waals surface area (Å²) < 4.78 is 26.1. The fourth-order valence-electron chi connectivity index (χ4n) is 2.13. The maximum absolute atomic E-state index is 13.2. The summed E-state index contributed by atoms with van der Waals surface area (Å²) in [6, 6.07) is 3.44. The van der Waals surface area contributed by atoms with Crippen LogP contribution in [0.3, 0.4) is 0 Å². The number of fused-ring (bicyclic) bond motifs is 1. The SMILES string of the molecule is O=c1[nH]c(-c2ccc(F)c(F)c2)nc2c1CNCC2. The van der Waals surface area contributed by atoms with Gasteiger partial charge in [0.2, 0.25) is 0 Å². The van der Waals surface area contributed by atoms with Crippen LogP contribution in [0.5, 0.6) is 0 Å². The highest BCUT2D eigenvalue weighted by atomic mass is 19.2. The van der Waals surface area contributed by atoms with Gasteiger partial charge in [-0.05, 0) is 18.2 Å². The molecule has 19 heavy (non-hydrogen) atoms. The third kappa shape index (κ3) is 2.15. The third-order valence-electron chi connectivity index (χ3n) is 3.13. The van der Waals surface area contributed by atoms with Crippen LogP contribution in [-0.4, -0.2) is 16.5 Å². The van der Waals surface area contributed by atoms with Crippen molar-refractivity contribution in [3.63, 3.8) is 0 Å². The zero-order valence-electron chi connectivity index (χ0n) is 9.96. The Bertz CT molecular complexity index is 697. The highest BCUT2D eigenvalue weighted by molar-refractivity contribution is 5.55. The van der Waals surface area contributed by atoms with Gasteiger partial charge in [-0.3, -0.25) is 4.79 Å². The van der Waals surface area contributed by atoms with E-state index < -0.39 is 11.6 Å². The predicted molar refractivity (Wildman–Crippen MR) is 65.6 cm³/mol. The molecule has 1 aromatic heterocycles. The lowest BCUT2D eigenvalue weighted by molar-refractivity contribution is 0.509. The Hall–Kier alpha value is -2.08. The average molecular weight is 263 g/mol. The molecule has 0 spiro atoms. The standard InChI is InChI=1S/C13H11F2N3O/c14-9-2-1-7(5-10(9)15)12-17-11-3-4-16-6-8(11)13(19)18-12/h1-2,5,16H,3-4,6H2,(H,17,18,19). The first-order valence-corrected chi connectivity index (χ1v) is 5.93. The molecule has 1 aliphatic heterocycles. The van der Waals surface area contributed by atoms with Crippen molar-refractivity contribution in [2.75, 3.05) is 6.54 Å². The van der Waals surface area contributed by atoms with Gasteiger partial charge in [-0.1, -0.05) is 0 Å². The van der Waals surface area contributed by atoms with E-state index >= 15 is 0 Å². The summed E-state index contributed by atoms with van der Waals surface area (Å²) in [5, 5.41) is 3.09. The molecule has 0 unspecified atom stereocenters. The number of H-pyrrole nitrogens is 1. The average Bonchev–Trinajstić information content (AvgIpc) is 2.42. The Balaban J connectivity index is 2.12. The van der Waals surface area contributed by atoms with Gasteiger partial charge in [0.15, 0.2) is 11.6 Å². The number of aromatic amines is 1. The van der Waals surface area contributed by atoms with Crippen molar-refractivity contribution in [3.05, 3.63) is 51.4 Å². The highest BCUT2D eigenvalue weighted by Crippen LogP contribution is 2.18. The number of halogens is 2. The van der Waals surface area contributed by atoms with Crippen molar-refractivity contribution in [2.45, 2.75) is 13.0 Å². The van der Waals surface area contributed by atoms with Crippen LogP contribution in [0.4, 0.5) is 8.78 Å². The Labute approximate surface area is 107 Å². The van der Waals surface area contributed by atoms with E-state index in [9.17, 15) is 13.6 Å². The molecule has 0 aliphatic carbocycles. The summed E-state index contributed by atoms with van der Waals surface area (Å²) in [5.74, 6) is -1.61. The van der Waals surface area contributed by atoms with Crippen LogP contribution < -0.4 is 10.9 Å². The summed E-state index contributed by atoms with van der Waals surface area (Å²) in [4.78, 5) is 18.8. The molecular weight excluding hydrogens is 252 g/mol. The molecule has 0 saturated carbocycles. The minimum absolute atomic E-state index is 0.239. The summed E-state index contributed by atoms with van der Waals surface area (Å²) in [6.45, 7) is 1.23. The molecule has 0 radical (unpaired) electrons. The Morgan fingerprint density at radius 3 is 2.84 bits per heavy atom. The topological polar surface area (TPSA) is 57.8 Å². The molecule has 2 heterocycles. The molecule has 0 atom stereocenters. The van der Waals surface area contributed by atoms with Gasteiger partial charge >= 0.3 is 0 Å². The largest absolute Gasteiger partial charge is 0.312 e. The van der Waals surface area contributed by atoms with Crippen LogP contribution in [0, 0.1) is 11.6 Å². The van der Waals surface area contributed by atoms with Crippen LogP contribution in [0.2, 0.25) is 0 Å². The van der Waals surface area contributed by atoms with Crippen molar-refractivity contribution < 1.29 is 8.78 Å². The number of nitrogens with zero attached hydrogens (tertiary/aromatic N) is 1. The lowest BCUT2D eigenvalue weighted by Gasteiger charge is -2.15. The van der Waals surface area contributed by atoms with E-state index in [1.807, 2.05) is 0 Å². The molecule has 4 nitrogen and oxygen atoms in total. The molecule has 2 N–H and O–H groups in total. The first kappa shape index (κ1) is 12.0. The molecule has 0 bridgehead atoms. The Morgan fingerprint density at radius 2 is 2.05 bits per heavy atom. The van der Waals surface area contributed by atoms with Gasteiger partial charge in [0.1, 0.15) is 5.82 Å². The summed E-state index contributed by atoms with van der Waals surface area (Å²) in [5.41, 5.74) is 1.44. The van der Waals surface area contributed by atoms with Gasteiger partial charge in [0.05, 0.1) is 11.3 Å². The minimum Gasteiger partial charge on any atom is -0.312 e. The smallest absolute Gasteiger partial charge is 0.255 e. The zero-order chi connectivity index (χ0) is 13.4. The molecule has 2 aromatic rings. The number of aromatic nitrogens is 2. The van der Waals surface area contributed by atoms with Crippen molar-refractivity contribution in [3.8, 4) is 11.4 Å². The zero-order valence-corrected chi connectivity index (χ0v) is 9.96. The predicted octanol–water partition coefficient (Wildman–Crippen LogP) is 1.36. The number of hydrogen-bond acceptors (Lipinski definition) is 3. The van der Waals surface area contributed by atoms with Gasteiger partial charge in [-0.15, -0.1) is 0 Å². The van der Waals surface area contributed by atoms with Crippen molar-refractivity contribution >= 4 is 0 Å². The molecule has 0 saturated heterocycles. The molecule has 1 aliphatic rings. The van der Waals surface area contributed by atoms with E-state index in [0.717, 1.165) is 18.7 Å². The van der Waals surface area contributed by atoms with Gasteiger partial charge in [0.25, 0.3) is 5.56 Å². The Morgan fingerprint density at radius 1 is 1.21 bits per heavy atom. The van der Waals surface area contributed by atoms with E-state index in [0.29, 0.717) is 29.8 Å². The van der Waals surface area contributed by atoms with E-state index in [2.05, 4.69) is 15.3 Å². The number of rotatable bonds is 1. The first-order chi connectivity index (χ1) is 9.15. The van der Waals surface area contributed by atoms with E-state index in [-0.39, 0.29) is 11.4 Å². The van der Waals surface area contributed by atoms with Crippen LogP contribution in [-0.2, 0) is 13.0 Å². The second kappa shape index (κ2) is 4.55. The quantitative estimate of drug-likeness (QED) is 0.816. The molecule has 98 valence electrons. The second-order valence-electron chi connectivity index (χ2n) is 4.40. The van der Waals surface area contributed by atoms with Crippen molar-refractivity contribution in [1.82, 2.24) is 15.3 Å². The second-order valence-corrected chi connectivity index (χ2v) is 4.40. The summed E-state index contributed by atoms with van der Waals surface area (Å²) in [7, 11) is 0. The fraction of sp³-hybridized carbons (Fsp3) is 0.231. The van der Waals surface area contributed by atoms with Gasteiger partial charge in [-0.25, -0.2) is 13.8 Å². The molecular formula is C13H11F2N3O. The van der Waals surface area contributed by atoms with Crippen LogP contribution >= 0.6 is 0 Å². The maximum Gasteiger partial charge on any atom is 0.255 e. The monoisotopic (exact) mass is 263 g/mol. The van der Waals surface area contributed by atoms with E-state index in [4.69, 9.17) is 0 Å². The van der Waals surface area contributed by atoms with E-state index in [1.54, 1.807) is 0 Å². The van der Waals surface area contributed by atoms with Crippen LogP contribution in [0.1, 0.15) is 11.3 Å². The fourth-order valence-corrected chi connectivity index (χ4v) is 2.13. The summed E-state index contributed by atoms with van der Waals surface area (Å²) >= 11 is 0. The lowest BCUT2D eigenvalue weighted by Crippen LogP contribution is -2.31. The van der Waals surface area contributed by atoms with Gasteiger partial charge < -0.3 is 10.3 Å². The van der Waals surface area contributed by atoms with Crippen LogP contribution in [0.25, 0.3) is 11.4 Å². The van der Waals surface area contributed by atoms with Gasteiger partial charge in [0, 0.05) is 25.1 Å². The molecule has 6 heteroatoms. The number of hydrogen-bond donors (Lipinski definition) is 2. The maximum atomic E-state index is 13.2. The third-order valence-corrected chi connectivity index (χ3v) is 3.13. The minimum atomic E-state index is -0.959. The lowest BCUT2D eigenvalue weighted by atomic mass is 10.1. The molecule has 0 amide bonds. The highest BCUT2D eigenvalue weighted by Gasteiger charge is 2.16. The van der Waals surface area contributed by atoms with Crippen molar-refractivity contribution in [2.24, 2.45) is 0 Å². The van der Waals surface area contributed by atoms with Gasteiger partial charge in [-0.2, -0.15) is 0 Å². The number of nitrogens with one attached hydrogen (secondary N) is 2. The molecule has 1 aromatic carbocycles. The number of benzene rings is 1.